The molecule has 1 rings (SSSR count). The first-order valence-electron chi connectivity index (χ1n) is 5.00. The molecular formula is C11H15BrN2O2. The van der Waals surface area contributed by atoms with E-state index in [0.29, 0.717) is 16.6 Å². The van der Waals surface area contributed by atoms with Crippen LogP contribution in [0.25, 0.3) is 0 Å². The molecule has 0 aromatic carbocycles. The van der Waals surface area contributed by atoms with Crippen molar-refractivity contribution < 1.29 is 9.90 Å². The number of pyridine rings is 1. The van der Waals surface area contributed by atoms with Crippen LogP contribution < -0.4 is 5.32 Å². The Morgan fingerprint density at radius 2 is 2.31 bits per heavy atom. The van der Waals surface area contributed by atoms with E-state index in [9.17, 15) is 4.79 Å². The fourth-order valence-corrected chi connectivity index (χ4v) is 1.70. The number of nitrogens with one attached hydrogen (secondary N) is 1. The zero-order valence-corrected chi connectivity index (χ0v) is 10.9. The van der Waals surface area contributed by atoms with Crippen LogP contribution in [0.1, 0.15) is 30.6 Å². The van der Waals surface area contributed by atoms with Gasteiger partial charge in [-0.3, -0.25) is 4.79 Å². The molecule has 0 aliphatic heterocycles. The quantitative estimate of drug-likeness (QED) is 0.829. The lowest BCUT2D eigenvalue weighted by Crippen LogP contribution is -2.44. The average Bonchev–Trinajstić information content (AvgIpc) is 2.17. The molecule has 0 radical (unpaired) electrons. The molecule has 0 unspecified atom stereocenters. The summed E-state index contributed by atoms with van der Waals surface area (Å²) in [5.41, 5.74) is 0.0645. The number of hydrogen-bond acceptors (Lipinski definition) is 3. The largest absolute Gasteiger partial charge is 0.396 e. The van der Waals surface area contributed by atoms with Gasteiger partial charge in [0.25, 0.3) is 5.91 Å². The Bertz CT molecular complexity index is 380. The third kappa shape index (κ3) is 3.57. The van der Waals surface area contributed by atoms with Crippen molar-refractivity contribution in [2.24, 2.45) is 0 Å². The van der Waals surface area contributed by atoms with Gasteiger partial charge in [0, 0.05) is 18.3 Å². The Hall–Kier alpha value is -0.940. The number of rotatable bonds is 4. The molecule has 0 atom stereocenters. The van der Waals surface area contributed by atoms with Gasteiger partial charge in [0.15, 0.2) is 0 Å². The van der Waals surface area contributed by atoms with Crippen LogP contribution in [0.15, 0.2) is 22.9 Å². The Labute approximate surface area is 103 Å². The van der Waals surface area contributed by atoms with E-state index in [1.165, 1.54) is 0 Å². The molecule has 0 saturated carbocycles. The van der Waals surface area contributed by atoms with Crippen LogP contribution in [0.5, 0.6) is 0 Å². The highest BCUT2D eigenvalue weighted by Gasteiger charge is 2.21. The maximum absolute atomic E-state index is 11.9. The molecule has 1 aromatic heterocycles. The number of amides is 1. The van der Waals surface area contributed by atoms with Crippen molar-refractivity contribution in [1.82, 2.24) is 10.3 Å². The minimum Gasteiger partial charge on any atom is -0.396 e. The highest BCUT2D eigenvalue weighted by molar-refractivity contribution is 9.10. The van der Waals surface area contributed by atoms with Crippen LogP contribution in [0, 0.1) is 0 Å². The number of carbonyl (C=O) groups excluding carboxylic acids is 1. The summed E-state index contributed by atoms with van der Waals surface area (Å²) in [4.78, 5) is 15.9. The topological polar surface area (TPSA) is 62.2 Å². The van der Waals surface area contributed by atoms with Gasteiger partial charge in [0.05, 0.1) is 5.56 Å². The van der Waals surface area contributed by atoms with Crippen LogP contribution >= 0.6 is 15.9 Å². The zero-order chi connectivity index (χ0) is 12.2. The number of halogens is 1. The van der Waals surface area contributed by atoms with E-state index in [2.05, 4.69) is 26.2 Å². The Balaban J connectivity index is 2.77. The van der Waals surface area contributed by atoms with E-state index in [1.54, 1.807) is 18.3 Å². The second-order valence-electron chi connectivity index (χ2n) is 4.15. The monoisotopic (exact) mass is 286 g/mol. The standard InChI is InChI=1S/C11H15BrN2O2/c1-11(2,5-7-15)14-10(16)8-4-3-6-13-9(8)12/h3-4,6,15H,5,7H2,1-2H3,(H,14,16). The molecule has 0 aliphatic carbocycles. The predicted octanol–water partition coefficient (Wildman–Crippen LogP) is 1.73. The number of hydrogen-bond donors (Lipinski definition) is 2. The molecule has 0 spiro atoms. The highest BCUT2D eigenvalue weighted by Crippen LogP contribution is 2.15. The van der Waals surface area contributed by atoms with Gasteiger partial charge in [-0.15, -0.1) is 0 Å². The van der Waals surface area contributed by atoms with Gasteiger partial charge in [0.2, 0.25) is 0 Å². The average molecular weight is 287 g/mol. The molecule has 1 aromatic rings. The Morgan fingerprint density at radius 3 is 2.88 bits per heavy atom. The summed E-state index contributed by atoms with van der Waals surface area (Å²) in [5, 5.41) is 11.7. The SMILES string of the molecule is CC(C)(CCO)NC(=O)c1cccnc1Br. The highest BCUT2D eigenvalue weighted by atomic mass is 79.9. The van der Waals surface area contributed by atoms with Crippen molar-refractivity contribution in [2.45, 2.75) is 25.8 Å². The molecule has 4 nitrogen and oxygen atoms in total. The number of carbonyl (C=O) groups is 1. The van der Waals surface area contributed by atoms with E-state index in [0.717, 1.165) is 0 Å². The molecule has 5 heteroatoms. The van der Waals surface area contributed by atoms with Gasteiger partial charge in [-0.25, -0.2) is 4.98 Å². The summed E-state index contributed by atoms with van der Waals surface area (Å²) < 4.78 is 0.521. The fourth-order valence-electron chi connectivity index (χ4n) is 1.27. The lowest BCUT2D eigenvalue weighted by Gasteiger charge is -2.25. The first-order valence-corrected chi connectivity index (χ1v) is 5.79. The summed E-state index contributed by atoms with van der Waals surface area (Å²) >= 11 is 3.22. The van der Waals surface area contributed by atoms with Gasteiger partial charge in [-0.2, -0.15) is 0 Å². The molecule has 0 fully saturated rings. The summed E-state index contributed by atoms with van der Waals surface area (Å²) in [7, 11) is 0. The summed E-state index contributed by atoms with van der Waals surface area (Å²) in [6, 6.07) is 3.40. The lowest BCUT2D eigenvalue weighted by molar-refractivity contribution is 0.0898. The molecule has 2 N–H and O–H groups in total. The third-order valence-electron chi connectivity index (χ3n) is 2.19. The molecule has 0 saturated heterocycles. The number of aliphatic hydroxyl groups excluding tert-OH is 1. The zero-order valence-electron chi connectivity index (χ0n) is 9.33. The molecule has 16 heavy (non-hydrogen) atoms. The van der Waals surface area contributed by atoms with Gasteiger partial charge < -0.3 is 10.4 Å². The summed E-state index contributed by atoms with van der Waals surface area (Å²) in [5.74, 6) is -0.196. The van der Waals surface area contributed by atoms with Crippen LogP contribution in [-0.4, -0.2) is 28.1 Å². The molecule has 1 amide bonds. The molecular weight excluding hydrogens is 272 g/mol. The molecule has 88 valence electrons. The third-order valence-corrected chi connectivity index (χ3v) is 2.82. The first-order chi connectivity index (χ1) is 7.46. The van der Waals surface area contributed by atoms with Gasteiger partial charge >= 0.3 is 0 Å². The van der Waals surface area contributed by atoms with E-state index >= 15 is 0 Å². The lowest BCUT2D eigenvalue weighted by atomic mass is 10.0. The fraction of sp³-hybridized carbons (Fsp3) is 0.455. The smallest absolute Gasteiger partial charge is 0.254 e. The molecule has 0 aliphatic rings. The second-order valence-corrected chi connectivity index (χ2v) is 4.90. The normalized spacial score (nSPS) is 11.2. The van der Waals surface area contributed by atoms with E-state index in [-0.39, 0.29) is 12.5 Å². The minimum absolute atomic E-state index is 0.0431. The number of nitrogens with zero attached hydrogens (tertiary/aromatic N) is 1. The van der Waals surface area contributed by atoms with Crippen molar-refractivity contribution in [3.8, 4) is 0 Å². The van der Waals surface area contributed by atoms with Crippen LogP contribution in [0.3, 0.4) is 0 Å². The van der Waals surface area contributed by atoms with Crippen LogP contribution in [-0.2, 0) is 0 Å². The van der Waals surface area contributed by atoms with Gasteiger partial charge in [-0.05, 0) is 48.3 Å². The van der Waals surface area contributed by atoms with Crippen molar-refractivity contribution >= 4 is 21.8 Å². The van der Waals surface area contributed by atoms with Crippen molar-refractivity contribution in [1.29, 1.82) is 0 Å². The maximum atomic E-state index is 11.9. The van der Waals surface area contributed by atoms with E-state index in [1.807, 2.05) is 13.8 Å². The molecule has 0 bridgehead atoms. The van der Waals surface area contributed by atoms with Gasteiger partial charge in [0.1, 0.15) is 4.60 Å². The summed E-state index contributed by atoms with van der Waals surface area (Å²) in [6.45, 7) is 3.78. The number of aliphatic hydroxyl groups is 1. The van der Waals surface area contributed by atoms with Crippen LogP contribution in [0.4, 0.5) is 0 Å². The first kappa shape index (κ1) is 13.1. The Morgan fingerprint density at radius 1 is 1.62 bits per heavy atom. The molecule has 1 heterocycles. The second kappa shape index (κ2) is 5.41. The Kier molecular flexibility index (Phi) is 4.44. The van der Waals surface area contributed by atoms with Crippen molar-refractivity contribution in [3.05, 3.63) is 28.5 Å². The number of aromatic nitrogens is 1. The van der Waals surface area contributed by atoms with E-state index < -0.39 is 5.54 Å². The predicted molar refractivity (Wildman–Crippen MR) is 65.2 cm³/mol. The van der Waals surface area contributed by atoms with Crippen LogP contribution in [0.2, 0.25) is 0 Å². The van der Waals surface area contributed by atoms with E-state index in [4.69, 9.17) is 5.11 Å². The summed E-state index contributed by atoms with van der Waals surface area (Å²) in [6.07, 6.45) is 2.12. The van der Waals surface area contributed by atoms with Crippen molar-refractivity contribution in [3.63, 3.8) is 0 Å². The van der Waals surface area contributed by atoms with Gasteiger partial charge in [-0.1, -0.05) is 0 Å². The minimum atomic E-state index is -0.429. The van der Waals surface area contributed by atoms with Crippen molar-refractivity contribution in [2.75, 3.05) is 6.61 Å². The maximum Gasteiger partial charge on any atom is 0.254 e.